The molecule has 0 aromatic heterocycles. The van der Waals surface area contributed by atoms with E-state index in [0.29, 0.717) is 17.7 Å². The molecule has 1 aliphatic rings. The Morgan fingerprint density at radius 2 is 1.65 bits per heavy atom. The number of hydrogen-bond donors (Lipinski definition) is 1. The van der Waals surface area contributed by atoms with Crippen LogP contribution in [0.25, 0.3) is 0 Å². The summed E-state index contributed by atoms with van der Waals surface area (Å²) in [7, 11) is -3.59. The summed E-state index contributed by atoms with van der Waals surface area (Å²) in [5, 5.41) is 11.5. The molecular formula is C24H29N3O3S. The Kier molecular flexibility index (Phi) is 8.21. The molecule has 0 saturated carbocycles. The summed E-state index contributed by atoms with van der Waals surface area (Å²) in [6, 6.07) is 16.4. The Labute approximate surface area is 184 Å². The highest BCUT2D eigenvalue weighted by molar-refractivity contribution is 7.91. The van der Waals surface area contributed by atoms with E-state index in [-0.39, 0.29) is 5.75 Å². The van der Waals surface area contributed by atoms with Crippen LogP contribution in [0, 0.1) is 11.3 Å². The number of carbonyl (C=O) groups excluding carboxylic acids is 1. The monoisotopic (exact) mass is 439 g/mol. The highest BCUT2D eigenvalue weighted by Gasteiger charge is 2.17. The summed E-state index contributed by atoms with van der Waals surface area (Å²) in [5.74, 6) is -1.29. The van der Waals surface area contributed by atoms with Gasteiger partial charge in [-0.3, -0.25) is 9.69 Å². The molecule has 31 heavy (non-hydrogen) atoms. The molecule has 1 fully saturated rings. The minimum atomic E-state index is -3.59. The van der Waals surface area contributed by atoms with Gasteiger partial charge in [0.2, 0.25) is 5.91 Å². The van der Waals surface area contributed by atoms with E-state index in [9.17, 15) is 13.2 Å². The van der Waals surface area contributed by atoms with E-state index in [1.54, 1.807) is 24.3 Å². The fourth-order valence-corrected chi connectivity index (χ4v) is 5.13. The molecule has 1 aliphatic heterocycles. The maximum Gasteiger partial charge on any atom is 0.235 e. The van der Waals surface area contributed by atoms with Crippen LogP contribution in [0.1, 0.15) is 47.9 Å². The van der Waals surface area contributed by atoms with Crippen molar-refractivity contribution in [2.75, 3.05) is 18.8 Å². The van der Waals surface area contributed by atoms with Gasteiger partial charge in [0.05, 0.1) is 17.4 Å². The lowest BCUT2D eigenvalue weighted by Crippen LogP contribution is -2.30. The zero-order valence-corrected chi connectivity index (χ0v) is 18.5. The smallest absolute Gasteiger partial charge is 0.235 e. The van der Waals surface area contributed by atoms with Gasteiger partial charge in [0.25, 0.3) is 0 Å². The average Bonchev–Trinajstić information content (AvgIpc) is 3.01. The van der Waals surface area contributed by atoms with Crippen molar-refractivity contribution < 1.29 is 13.2 Å². The first-order chi connectivity index (χ1) is 14.9. The van der Waals surface area contributed by atoms with Gasteiger partial charge in [-0.1, -0.05) is 49.2 Å². The van der Waals surface area contributed by atoms with Crippen molar-refractivity contribution in [2.45, 2.75) is 44.5 Å². The summed E-state index contributed by atoms with van der Waals surface area (Å²) in [5.41, 5.74) is 3.21. The third-order valence-corrected chi connectivity index (χ3v) is 6.88. The molecule has 2 aromatic carbocycles. The Hall–Kier alpha value is -2.69. The molecule has 1 N–H and O–H groups in total. The number of hydrogen-bond acceptors (Lipinski definition) is 5. The van der Waals surface area contributed by atoms with Crippen molar-refractivity contribution in [3.05, 3.63) is 70.8 Å². The normalized spacial score (nSPS) is 15.1. The first kappa shape index (κ1) is 23.0. The molecule has 164 valence electrons. The largest absolute Gasteiger partial charge is 0.351 e. The van der Waals surface area contributed by atoms with E-state index < -0.39 is 21.5 Å². The Balaban J connectivity index is 1.49. The lowest BCUT2D eigenvalue weighted by atomic mass is 10.1. The van der Waals surface area contributed by atoms with Crippen LogP contribution < -0.4 is 5.32 Å². The number of nitrogens with one attached hydrogen (secondary N) is 1. The molecule has 0 aliphatic carbocycles. The third-order valence-electron chi connectivity index (χ3n) is 5.41. The van der Waals surface area contributed by atoms with Crippen molar-refractivity contribution in [1.29, 1.82) is 5.26 Å². The fraction of sp³-hybridized carbons (Fsp3) is 0.417. The van der Waals surface area contributed by atoms with Gasteiger partial charge in [0.15, 0.2) is 9.84 Å². The first-order valence-electron chi connectivity index (χ1n) is 10.7. The molecule has 0 unspecified atom stereocenters. The molecule has 0 bridgehead atoms. The van der Waals surface area contributed by atoms with Gasteiger partial charge in [-0.05, 0) is 54.8 Å². The Morgan fingerprint density at radius 3 is 2.32 bits per heavy atom. The number of benzene rings is 2. The topological polar surface area (TPSA) is 90.3 Å². The van der Waals surface area contributed by atoms with Crippen LogP contribution in [0.2, 0.25) is 0 Å². The molecule has 0 spiro atoms. The van der Waals surface area contributed by atoms with Crippen molar-refractivity contribution in [3.63, 3.8) is 0 Å². The van der Waals surface area contributed by atoms with Gasteiger partial charge >= 0.3 is 0 Å². The maximum absolute atomic E-state index is 12.3. The molecule has 0 atom stereocenters. The quantitative estimate of drug-likeness (QED) is 0.682. The van der Waals surface area contributed by atoms with E-state index in [0.717, 1.165) is 25.2 Å². The van der Waals surface area contributed by atoms with Crippen LogP contribution in [0.4, 0.5) is 0 Å². The zero-order chi connectivity index (χ0) is 22.1. The van der Waals surface area contributed by atoms with Gasteiger partial charge in [0, 0.05) is 13.1 Å². The number of carbonyl (C=O) groups is 1. The van der Waals surface area contributed by atoms with Gasteiger partial charge in [-0.2, -0.15) is 5.26 Å². The minimum absolute atomic E-state index is 0.225. The molecule has 1 saturated heterocycles. The third kappa shape index (κ3) is 7.82. The molecule has 2 aromatic rings. The second kappa shape index (κ2) is 11.1. The zero-order valence-electron chi connectivity index (χ0n) is 17.7. The standard InChI is InChI=1S/C24H29N3O3S/c25-15-20-8-10-21(11-9-20)18-31(29,30)19-24(28)26-16-22-6-5-7-23(14-22)17-27-12-3-1-2-4-13-27/h5-11,14H,1-4,12-13,16-19H2,(H,26,28). The highest BCUT2D eigenvalue weighted by Crippen LogP contribution is 2.14. The number of sulfone groups is 1. The summed E-state index contributed by atoms with van der Waals surface area (Å²) in [6.07, 6.45) is 5.09. The first-order valence-corrected chi connectivity index (χ1v) is 12.5. The Morgan fingerprint density at radius 1 is 0.968 bits per heavy atom. The minimum Gasteiger partial charge on any atom is -0.351 e. The van der Waals surface area contributed by atoms with Crippen LogP contribution in [0.3, 0.4) is 0 Å². The molecule has 1 heterocycles. The summed E-state index contributed by atoms with van der Waals surface area (Å²) in [4.78, 5) is 14.7. The van der Waals surface area contributed by atoms with E-state index >= 15 is 0 Å². The number of nitrogens with zero attached hydrogens (tertiary/aromatic N) is 2. The van der Waals surface area contributed by atoms with Gasteiger partial charge in [-0.15, -0.1) is 0 Å². The highest BCUT2D eigenvalue weighted by atomic mass is 32.2. The molecule has 1 amide bonds. The van der Waals surface area contributed by atoms with Crippen molar-refractivity contribution >= 4 is 15.7 Å². The van der Waals surface area contributed by atoms with Gasteiger partial charge in [-0.25, -0.2) is 8.42 Å². The lowest BCUT2D eigenvalue weighted by molar-refractivity contribution is -0.118. The number of likely N-dealkylation sites (tertiary alicyclic amines) is 1. The van der Waals surface area contributed by atoms with E-state index in [1.807, 2.05) is 18.2 Å². The van der Waals surface area contributed by atoms with E-state index in [1.165, 1.54) is 31.2 Å². The van der Waals surface area contributed by atoms with E-state index in [2.05, 4.69) is 22.3 Å². The van der Waals surface area contributed by atoms with E-state index in [4.69, 9.17) is 5.26 Å². The predicted octanol–water partition coefficient (Wildman–Crippen LogP) is 3.17. The van der Waals surface area contributed by atoms with Gasteiger partial charge < -0.3 is 5.32 Å². The number of nitriles is 1. The second-order valence-corrected chi connectivity index (χ2v) is 10.2. The van der Waals surface area contributed by atoms with Crippen LogP contribution in [0.15, 0.2) is 48.5 Å². The van der Waals surface area contributed by atoms with Crippen LogP contribution >= 0.6 is 0 Å². The van der Waals surface area contributed by atoms with Crippen molar-refractivity contribution in [2.24, 2.45) is 0 Å². The molecule has 6 nitrogen and oxygen atoms in total. The lowest BCUT2D eigenvalue weighted by Gasteiger charge is -2.20. The summed E-state index contributed by atoms with van der Waals surface area (Å²) < 4.78 is 24.7. The van der Waals surface area contributed by atoms with Crippen LogP contribution in [-0.4, -0.2) is 38.1 Å². The van der Waals surface area contributed by atoms with Gasteiger partial charge in [0.1, 0.15) is 5.75 Å². The van der Waals surface area contributed by atoms with Crippen molar-refractivity contribution in [1.82, 2.24) is 10.2 Å². The predicted molar refractivity (Wildman–Crippen MR) is 121 cm³/mol. The molecule has 0 radical (unpaired) electrons. The molecule has 7 heteroatoms. The number of rotatable bonds is 8. The average molecular weight is 440 g/mol. The fourth-order valence-electron chi connectivity index (χ4n) is 3.82. The second-order valence-electron chi connectivity index (χ2n) is 8.13. The molecule has 3 rings (SSSR count). The summed E-state index contributed by atoms with van der Waals surface area (Å²) >= 11 is 0. The number of amides is 1. The SMILES string of the molecule is N#Cc1ccc(CS(=O)(=O)CC(=O)NCc2cccc(CN3CCCCCC3)c2)cc1. The van der Waals surface area contributed by atoms with Crippen molar-refractivity contribution in [3.8, 4) is 6.07 Å². The summed E-state index contributed by atoms with van der Waals surface area (Å²) in [6.45, 7) is 3.45. The van der Waals surface area contributed by atoms with Crippen LogP contribution in [-0.2, 0) is 33.5 Å². The maximum atomic E-state index is 12.3. The molecular weight excluding hydrogens is 410 g/mol. The Bertz CT molecular complexity index is 1020. The van der Waals surface area contributed by atoms with Crippen LogP contribution in [0.5, 0.6) is 0 Å².